The average molecular weight is 412 g/mol. The van der Waals surface area contributed by atoms with Gasteiger partial charge in [-0.2, -0.15) is 5.10 Å². The van der Waals surface area contributed by atoms with E-state index in [1.165, 1.54) is 0 Å². The lowest BCUT2D eigenvalue weighted by atomic mass is 10.1. The van der Waals surface area contributed by atoms with E-state index in [-0.39, 0.29) is 5.97 Å². The van der Waals surface area contributed by atoms with E-state index in [9.17, 15) is 4.79 Å². The fourth-order valence-electron chi connectivity index (χ4n) is 3.27. The zero-order valence-electron chi connectivity index (χ0n) is 17.4. The molecule has 0 unspecified atom stereocenters. The largest absolute Gasteiger partial charge is 0.489 e. The van der Waals surface area contributed by atoms with Crippen LogP contribution in [0.1, 0.15) is 28.5 Å². The standard InChI is InChI=1S/C26H24N2O3/c1-2-30-26(29)25-17-24(27-28(25)18-20-9-5-3-6-10-20)22-13-15-23(16-14-22)31-19-21-11-7-4-8-12-21/h3-17H,2,18-19H2,1H3. The van der Waals surface area contributed by atoms with Crippen LogP contribution >= 0.6 is 0 Å². The van der Waals surface area contributed by atoms with Gasteiger partial charge in [-0.25, -0.2) is 4.79 Å². The van der Waals surface area contributed by atoms with Gasteiger partial charge in [-0.3, -0.25) is 4.68 Å². The van der Waals surface area contributed by atoms with E-state index in [1.54, 1.807) is 17.7 Å². The molecule has 0 saturated carbocycles. The molecule has 156 valence electrons. The highest BCUT2D eigenvalue weighted by molar-refractivity contribution is 5.89. The van der Waals surface area contributed by atoms with Gasteiger partial charge < -0.3 is 9.47 Å². The van der Waals surface area contributed by atoms with Gasteiger partial charge in [0.15, 0.2) is 0 Å². The number of nitrogens with zero attached hydrogens (tertiary/aromatic N) is 2. The Hall–Kier alpha value is -3.86. The van der Waals surface area contributed by atoms with Gasteiger partial charge in [0.05, 0.1) is 18.8 Å². The highest BCUT2D eigenvalue weighted by Crippen LogP contribution is 2.24. The zero-order chi connectivity index (χ0) is 21.5. The molecule has 0 saturated heterocycles. The number of carbonyl (C=O) groups excluding carboxylic acids is 1. The number of esters is 1. The number of hydrogen-bond donors (Lipinski definition) is 0. The highest BCUT2D eigenvalue weighted by Gasteiger charge is 2.17. The minimum Gasteiger partial charge on any atom is -0.489 e. The summed E-state index contributed by atoms with van der Waals surface area (Å²) in [4.78, 5) is 12.5. The molecule has 0 aliphatic carbocycles. The molecule has 3 aromatic carbocycles. The molecule has 0 aliphatic rings. The Morgan fingerprint density at radius 2 is 1.52 bits per heavy atom. The molecule has 0 spiro atoms. The molecule has 0 atom stereocenters. The molecular formula is C26H24N2O3. The molecule has 5 nitrogen and oxygen atoms in total. The maximum Gasteiger partial charge on any atom is 0.356 e. The van der Waals surface area contributed by atoms with Gasteiger partial charge in [-0.15, -0.1) is 0 Å². The summed E-state index contributed by atoms with van der Waals surface area (Å²) in [5.41, 5.74) is 4.24. The lowest BCUT2D eigenvalue weighted by molar-refractivity contribution is 0.0512. The highest BCUT2D eigenvalue weighted by atomic mass is 16.5. The first kappa shape index (κ1) is 20.4. The minimum absolute atomic E-state index is 0.318. The van der Waals surface area contributed by atoms with Gasteiger partial charge in [-0.1, -0.05) is 60.7 Å². The van der Waals surface area contributed by atoms with Crippen LogP contribution in [0.25, 0.3) is 11.3 Å². The summed E-state index contributed by atoms with van der Waals surface area (Å²) in [6.07, 6.45) is 0. The van der Waals surface area contributed by atoms with Crippen LogP contribution in [0.15, 0.2) is 91.0 Å². The van der Waals surface area contributed by atoms with Crippen molar-refractivity contribution >= 4 is 5.97 Å². The Morgan fingerprint density at radius 1 is 0.871 bits per heavy atom. The molecule has 0 aliphatic heterocycles. The van der Waals surface area contributed by atoms with Crippen molar-refractivity contribution in [1.29, 1.82) is 0 Å². The van der Waals surface area contributed by atoms with Gasteiger partial charge in [0.1, 0.15) is 18.1 Å². The Labute approximate surface area is 181 Å². The van der Waals surface area contributed by atoms with Gasteiger partial charge in [0, 0.05) is 5.56 Å². The zero-order valence-corrected chi connectivity index (χ0v) is 17.4. The van der Waals surface area contributed by atoms with E-state index in [0.29, 0.717) is 31.1 Å². The predicted molar refractivity (Wildman–Crippen MR) is 120 cm³/mol. The van der Waals surface area contributed by atoms with Gasteiger partial charge >= 0.3 is 5.97 Å². The van der Waals surface area contributed by atoms with Crippen LogP contribution in [-0.4, -0.2) is 22.4 Å². The van der Waals surface area contributed by atoms with Crippen LogP contribution in [-0.2, 0) is 17.9 Å². The van der Waals surface area contributed by atoms with Crippen molar-refractivity contribution in [2.75, 3.05) is 6.61 Å². The first-order valence-corrected chi connectivity index (χ1v) is 10.3. The van der Waals surface area contributed by atoms with E-state index in [1.807, 2.05) is 84.9 Å². The summed E-state index contributed by atoms with van der Waals surface area (Å²) >= 11 is 0. The molecule has 4 rings (SSSR count). The average Bonchev–Trinajstić information content (AvgIpc) is 3.23. The second-order valence-electron chi connectivity index (χ2n) is 7.08. The van der Waals surface area contributed by atoms with E-state index < -0.39 is 0 Å². The van der Waals surface area contributed by atoms with Crippen LogP contribution in [0.4, 0.5) is 0 Å². The van der Waals surface area contributed by atoms with E-state index in [2.05, 4.69) is 5.10 Å². The van der Waals surface area contributed by atoms with Crippen LogP contribution < -0.4 is 4.74 Å². The Morgan fingerprint density at radius 3 is 2.16 bits per heavy atom. The van der Waals surface area contributed by atoms with Crippen LogP contribution in [0, 0.1) is 0 Å². The lowest BCUT2D eigenvalue weighted by Gasteiger charge is -2.07. The molecule has 4 aromatic rings. The SMILES string of the molecule is CCOC(=O)c1cc(-c2ccc(OCc3ccccc3)cc2)nn1Cc1ccccc1. The van der Waals surface area contributed by atoms with Crippen LogP contribution in [0.2, 0.25) is 0 Å². The first-order valence-electron chi connectivity index (χ1n) is 10.3. The van der Waals surface area contributed by atoms with Crippen molar-refractivity contribution < 1.29 is 14.3 Å². The van der Waals surface area contributed by atoms with Crippen molar-refractivity contribution in [2.45, 2.75) is 20.1 Å². The first-order chi connectivity index (χ1) is 15.2. The third-order valence-corrected chi connectivity index (χ3v) is 4.84. The van der Waals surface area contributed by atoms with Gasteiger partial charge in [0.25, 0.3) is 0 Å². The van der Waals surface area contributed by atoms with Crippen molar-refractivity contribution in [3.05, 3.63) is 108 Å². The molecule has 0 amide bonds. The third kappa shape index (κ3) is 5.20. The molecule has 1 heterocycles. The smallest absolute Gasteiger partial charge is 0.356 e. The summed E-state index contributed by atoms with van der Waals surface area (Å²) in [7, 11) is 0. The second-order valence-corrected chi connectivity index (χ2v) is 7.08. The Bertz CT molecular complexity index is 1120. The summed E-state index contributed by atoms with van der Waals surface area (Å²) in [6.45, 7) is 3.12. The van der Waals surface area contributed by atoms with Crippen LogP contribution in [0.3, 0.4) is 0 Å². The number of carbonyl (C=O) groups is 1. The van der Waals surface area contributed by atoms with E-state index in [4.69, 9.17) is 9.47 Å². The molecular weight excluding hydrogens is 388 g/mol. The Kier molecular flexibility index (Phi) is 6.43. The van der Waals surface area contributed by atoms with Crippen molar-refractivity contribution in [3.63, 3.8) is 0 Å². The molecule has 0 radical (unpaired) electrons. The fraction of sp³-hybridized carbons (Fsp3) is 0.154. The molecule has 31 heavy (non-hydrogen) atoms. The normalized spacial score (nSPS) is 10.6. The lowest BCUT2D eigenvalue weighted by Crippen LogP contribution is -2.14. The van der Waals surface area contributed by atoms with Crippen molar-refractivity contribution in [1.82, 2.24) is 9.78 Å². The van der Waals surface area contributed by atoms with Crippen LogP contribution in [0.5, 0.6) is 5.75 Å². The molecule has 5 heteroatoms. The minimum atomic E-state index is -0.375. The quantitative estimate of drug-likeness (QED) is 0.366. The number of aromatic nitrogens is 2. The summed E-state index contributed by atoms with van der Waals surface area (Å²) < 4.78 is 12.8. The predicted octanol–water partition coefficient (Wildman–Crippen LogP) is 5.35. The topological polar surface area (TPSA) is 53.4 Å². The number of rotatable bonds is 8. The summed E-state index contributed by atoms with van der Waals surface area (Å²) in [5.74, 6) is 0.405. The van der Waals surface area contributed by atoms with Gasteiger partial charge in [-0.05, 0) is 48.4 Å². The monoisotopic (exact) mass is 412 g/mol. The van der Waals surface area contributed by atoms with E-state index in [0.717, 1.165) is 22.4 Å². The number of hydrogen-bond acceptors (Lipinski definition) is 4. The summed E-state index contributed by atoms with van der Waals surface area (Å²) in [5, 5.41) is 4.68. The van der Waals surface area contributed by atoms with Crippen molar-refractivity contribution in [2.24, 2.45) is 0 Å². The van der Waals surface area contributed by atoms with E-state index >= 15 is 0 Å². The van der Waals surface area contributed by atoms with Crippen molar-refractivity contribution in [3.8, 4) is 17.0 Å². The maximum absolute atomic E-state index is 12.5. The molecule has 0 bridgehead atoms. The molecule has 0 N–H and O–H groups in total. The molecule has 0 fully saturated rings. The number of ether oxygens (including phenoxy) is 2. The number of benzene rings is 3. The molecule has 1 aromatic heterocycles. The third-order valence-electron chi connectivity index (χ3n) is 4.84. The Balaban J connectivity index is 1.54. The van der Waals surface area contributed by atoms with Gasteiger partial charge in [0.2, 0.25) is 0 Å². The maximum atomic E-state index is 12.5. The second kappa shape index (κ2) is 9.76. The summed E-state index contributed by atoms with van der Waals surface area (Å²) in [6, 6.07) is 29.5. The fourth-order valence-corrected chi connectivity index (χ4v) is 3.27.